The third kappa shape index (κ3) is 6.66. The fourth-order valence-electron chi connectivity index (χ4n) is 2.72. The lowest BCUT2D eigenvalue weighted by Crippen LogP contribution is -2.40. The van der Waals surface area contributed by atoms with Gasteiger partial charge in [-0.2, -0.15) is 0 Å². The standard InChI is InChI=1S/C20H25ClN6OS.HI/c1-13(15-7-5-4-6-8-15)24-20(23-12-19-26-25-14(2)27(19)3)22-11-16(28)17-9-10-18(21)29-17;/h4-10,13,16,28H,11-12H2,1-3H3,(H2,22,23,24);1H. The Balaban J connectivity index is 0.00000320. The lowest BCUT2D eigenvalue weighted by atomic mass is 10.1. The molecule has 0 aliphatic heterocycles. The first-order valence-corrected chi connectivity index (χ1v) is 10.5. The van der Waals surface area contributed by atoms with Gasteiger partial charge in [0.15, 0.2) is 11.8 Å². The summed E-state index contributed by atoms with van der Waals surface area (Å²) in [6.07, 6.45) is -0.677. The van der Waals surface area contributed by atoms with Crippen LogP contribution in [0.1, 0.15) is 41.2 Å². The van der Waals surface area contributed by atoms with E-state index in [1.165, 1.54) is 11.3 Å². The molecule has 2 unspecified atom stereocenters. The Bertz CT molecular complexity index is 961. The number of halogens is 2. The monoisotopic (exact) mass is 560 g/mol. The molecule has 7 nitrogen and oxygen atoms in total. The van der Waals surface area contributed by atoms with Gasteiger partial charge >= 0.3 is 0 Å². The second-order valence-corrected chi connectivity index (χ2v) is 8.45. The lowest BCUT2D eigenvalue weighted by Gasteiger charge is -2.20. The van der Waals surface area contributed by atoms with E-state index in [1.807, 2.05) is 42.8 Å². The van der Waals surface area contributed by atoms with Crippen LogP contribution in [0.3, 0.4) is 0 Å². The molecule has 0 amide bonds. The molecule has 1 aromatic carbocycles. The van der Waals surface area contributed by atoms with Crippen LogP contribution in [0.15, 0.2) is 47.5 Å². The van der Waals surface area contributed by atoms with Crippen LogP contribution in [0.5, 0.6) is 0 Å². The zero-order valence-electron chi connectivity index (χ0n) is 17.0. The van der Waals surface area contributed by atoms with E-state index in [0.29, 0.717) is 23.4 Å². The molecule has 0 aliphatic carbocycles. The van der Waals surface area contributed by atoms with Gasteiger partial charge in [0.1, 0.15) is 18.5 Å². The molecule has 162 valence electrons. The summed E-state index contributed by atoms with van der Waals surface area (Å²) < 4.78 is 2.56. The minimum absolute atomic E-state index is 0. The summed E-state index contributed by atoms with van der Waals surface area (Å²) >= 11 is 7.34. The molecule has 0 fully saturated rings. The molecule has 2 heterocycles. The van der Waals surface area contributed by atoms with Crippen molar-refractivity contribution in [2.75, 3.05) is 6.54 Å². The van der Waals surface area contributed by atoms with E-state index >= 15 is 0 Å². The number of aliphatic imine (C=N–C) groups is 1. The highest BCUT2D eigenvalue weighted by molar-refractivity contribution is 14.0. The Morgan fingerprint density at radius 1 is 1.23 bits per heavy atom. The molecule has 0 bridgehead atoms. The number of thiophene rings is 1. The van der Waals surface area contributed by atoms with Gasteiger partial charge in [0.2, 0.25) is 0 Å². The van der Waals surface area contributed by atoms with Crippen molar-refractivity contribution in [3.05, 3.63) is 68.9 Å². The number of aryl methyl sites for hydroxylation is 1. The predicted octanol–water partition coefficient (Wildman–Crippen LogP) is 3.99. The molecule has 0 saturated heterocycles. The largest absolute Gasteiger partial charge is 0.386 e. The number of aliphatic hydroxyl groups excluding tert-OH is 1. The van der Waals surface area contributed by atoms with E-state index in [1.54, 1.807) is 6.07 Å². The first-order valence-electron chi connectivity index (χ1n) is 9.32. The summed E-state index contributed by atoms with van der Waals surface area (Å²) in [6.45, 7) is 4.64. The van der Waals surface area contributed by atoms with Crippen molar-refractivity contribution in [2.24, 2.45) is 12.0 Å². The molecule has 0 saturated carbocycles. The molecule has 3 aromatic rings. The summed E-state index contributed by atoms with van der Waals surface area (Å²) in [7, 11) is 1.91. The summed E-state index contributed by atoms with van der Waals surface area (Å²) in [4.78, 5) is 5.45. The molecule has 2 aromatic heterocycles. The number of guanidine groups is 1. The quantitative estimate of drug-likeness (QED) is 0.231. The first kappa shape index (κ1) is 24.6. The van der Waals surface area contributed by atoms with Crippen LogP contribution in [-0.4, -0.2) is 32.4 Å². The van der Waals surface area contributed by atoms with Crippen molar-refractivity contribution in [1.82, 2.24) is 25.4 Å². The summed E-state index contributed by atoms with van der Waals surface area (Å²) in [5.41, 5.74) is 1.14. The van der Waals surface area contributed by atoms with Crippen molar-refractivity contribution in [2.45, 2.75) is 32.5 Å². The Morgan fingerprint density at radius 3 is 2.57 bits per heavy atom. The molecular weight excluding hydrogens is 535 g/mol. The van der Waals surface area contributed by atoms with Crippen molar-refractivity contribution in [3.63, 3.8) is 0 Å². The topological polar surface area (TPSA) is 87.4 Å². The average Bonchev–Trinajstić information content (AvgIpc) is 3.30. The molecule has 0 aliphatic rings. The van der Waals surface area contributed by atoms with Crippen molar-refractivity contribution >= 4 is 52.9 Å². The minimum Gasteiger partial charge on any atom is -0.386 e. The third-order valence-electron chi connectivity index (χ3n) is 4.60. The summed E-state index contributed by atoms with van der Waals surface area (Å²) in [5, 5.41) is 25.3. The highest BCUT2D eigenvalue weighted by atomic mass is 127. The highest BCUT2D eigenvalue weighted by Crippen LogP contribution is 2.26. The van der Waals surface area contributed by atoms with Crippen molar-refractivity contribution in [1.29, 1.82) is 0 Å². The van der Waals surface area contributed by atoms with E-state index in [-0.39, 0.29) is 30.0 Å². The summed E-state index contributed by atoms with van der Waals surface area (Å²) in [6, 6.07) is 13.8. The number of hydrogen-bond donors (Lipinski definition) is 3. The Kier molecular flexibility index (Phi) is 9.53. The molecule has 3 rings (SSSR count). The van der Waals surface area contributed by atoms with Gasteiger partial charge in [-0.3, -0.25) is 0 Å². The number of nitrogens with zero attached hydrogens (tertiary/aromatic N) is 4. The van der Waals surface area contributed by atoms with Crippen LogP contribution < -0.4 is 10.6 Å². The fraction of sp³-hybridized carbons (Fsp3) is 0.350. The normalized spacial score (nSPS) is 13.4. The van der Waals surface area contributed by atoms with E-state index in [4.69, 9.17) is 11.6 Å². The van der Waals surface area contributed by atoms with Gasteiger partial charge in [0, 0.05) is 18.5 Å². The van der Waals surface area contributed by atoms with Gasteiger partial charge < -0.3 is 20.3 Å². The van der Waals surface area contributed by atoms with Gasteiger partial charge in [-0.05, 0) is 31.5 Å². The van der Waals surface area contributed by atoms with E-state index in [2.05, 4.69) is 44.9 Å². The predicted molar refractivity (Wildman–Crippen MR) is 133 cm³/mol. The van der Waals surface area contributed by atoms with Crippen LogP contribution in [0.25, 0.3) is 0 Å². The van der Waals surface area contributed by atoms with E-state index < -0.39 is 6.10 Å². The molecule has 30 heavy (non-hydrogen) atoms. The Hall–Kier alpha value is -1.69. The van der Waals surface area contributed by atoms with Gasteiger partial charge in [0.05, 0.1) is 10.4 Å². The average molecular weight is 561 g/mol. The van der Waals surface area contributed by atoms with Gasteiger partial charge in [0.25, 0.3) is 0 Å². The number of benzene rings is 1. The maximum Gasteiger partial charge on any atom is 0.192 e. The molecule has 3 N–H and O–H groups in total. The van der Waals surface area contributed by atoms with Gasteiger partial charge in [-0.15, -0.1) is 45.5 Å². The smallest absolute Gasteiger partial charge is 0.192 e. The zero-order valence-corrected chi connectivity index (χ0v) is 20.9. The van der Waals surface area contributed by atoms with Crippen LogP contribution in [0, 0.1) is 6.92 Å². The zero-order chi connectivity index (χ0) is 20.8. The van der Waals surface area contributed by atoms with Crippen LogP contribution in [0.4, 0.5) is 0 Å². The molecular formula is C20H26ClIN6OS. The van der Waals surface area contributed by atoms with Gasteiger partial charge in [-0.25, -0.2) is 4.99 Å². The molecule has 0 spiro atoms. The number of aromatic nitrogens is 3. The maximum atomic E-state index is 10.4. The van der Waals surface area contributed by atoms with E-state index in [0.717, 1.165) is 22.1 Å². The number of nitrogens with one attached hydrogen (secondary N) is 2. The molecule has 0 radical (unpaired) electrons. The van der Waals surface area contributed by atoms with Crippen LogP contribution in [0.2, 0.25) is 4.34 Å². The highest BCUT2D eigenvalue weighted by Gasteiger charge is 2.14. The van der Waals surface area contributed by atoms with Crippen LogP contribution in [-0.2, 0) is 13.6 Å². The molecule has 10 heteroatoms. The van der Waals surface area contributed by atoms with Gasteiger partial charge in [-0.1, -0.05) is 41.9 Å². The third-order valence-corrected chi connectivity index (χ3v) is 5.93. The second-order valence-electron chi connectivity index (χ2n) is 6.70. The number of rotatable bonds is 7. The first-order chi connectivity index (χ1) is 13.9. The number of aliphatic hydroxyl groups is 1. The fourth-order valence-corrected chi connectivity index (χ4v) is 3.77. The SMILES string of the molecule is Cc1nnc(CN=C(NCC(O)c2ccc(Cl)s2)NC(C)c2ccccc2)n1C.I. The maximum absolute atomic E-state index is 10.4. The van der Waals surface area contributed by atoms with Crippen LogP contribution >= 0.6 is 46.9 Å². The minimum atomic E-state index is -0.677. The summed E-state index contributed by atoms with van der Waals surface area (Å²) in [5.74, 6) is 2.19. The lowest BCUT2D eigenvalue weighted by molar-refractivity contribution is 0.184. The van der Waals surface area contributed by atoms with E-state index in [9.17, 15) is 5.11 Å². The Labute approximate surface area is 202 Å². The van der Waals surface area contributed by atoms with Crippen molar-refractivity contribution in [3.8, 4) is 0 Å². The Morgan fingerprint density at radius 2 is 1.97 bits per heavy atom. The molecule has 2 atom stereocenters. The number of hydrogen-bond acceptors (Lipinski definition) is 5. The van der Waals surface area contributed by atoms with Crippen molar-refractivity contribution < 1.29 is 5.11 Å². The second kappa shape index (κ2) is 11.6.